The van der Waals surface area contributed by atoms with Crippen molar-refractivity contribution in [1.82, 2.24) is 5.32 Å². The van der Waals surface area contributed by atoms with E-state index in [4.69, 9.17) is 0 Å². The van der Waals surface area contributed by atoms with E-state index < -0.39 is 0 Å². The van der Waals surface area contributed by atoms with Gasteiger partial charge in [-0.1, -0.05) is 37.6 Å². The zero-order chi connectivity index (χ0) is 14.4. The van der Waals surface area contributed by atoms with Crippen molar-refractivity contribution in [3.05, 3.63) is 41.5 Å². The van der Waals surface area contributed by atoms with Crippen molar-refractivity contribution < 1.29 is 0 Å². The molecule has 0 saturated heterocycles. The smallest absolute Gasteiger partial charge is 0.0369 e. The molecule has 1 aromatic carbocycles. The normalized spacial score (nSPS) is 16.9. The summed E-state index contributed by atoms with van der Waals surface area (Å²) < 4.78 is 0. The van der Waals surface area contributed by atoms with Gasteiger partial charge in [-0.2, -0.15) is 0 Å². The summed E-state index contributed by atoms with van der Waals surface area (Å²) in [6.07, 6.45) is 5.87. The lowest BCUT2D eigenvalue weighted by Gasteiger charge is -2.28. The zero-order valence-corrected chi connectivity index (χ0v) is 13.2. The van der Waals surface area contributed by atoms with Crippen molar-refractivity contribution in [2.75, 3.05) is 24.5 Å². The Hall–Kier alpha value is -1.28. The van der Waals surface area contributed by atoms with E-state index in [9.17, 15) is 0 Å². The first-order valence-electron chi connectivity index (χ1n) is 7.98. The van der Waals surface area contributed by atoms with Gasteiger partial charge in [0.15, 0.2) is 0 Å². The first-order chi connectivity index (χ1) is 9.74. The second-order valence-electron chi connectivity index (χ2n) is 5.75. The number of benzene rings is 1. The molecule has 0 radical (unpaired) electrons. The molecular weight excluding hydrogens is 244 g/mol. The van der Waals surface area contributed by atoms with Gasteiger partial charge >= 0.3 is 0 Å². The van der Waals surface area contributed by atoms with Crippen LogP contribution in [0.1, 0.15) is 51.6 Å². The Balaban J connectivity index is 2.02. The van der Waals surface area contributed by atoms with Crippen LogP contribution in [-0.4, -0.2) is 19.6 Å². The Morgan fingerprint density at radius 1 is 1.20 bits per heavy atom. The van der Waals surface area contributed by atoms with E-state index in [1.807, 2.05) is 0 Å². The summed E-state index contributed by atoms with van der Waals surface area (Å²) in [5.41, 5.74) is 4.28. The zero-order valence-electron chi connectivity index (χ0n) is 13.2. The van der Waals surface area contributed by atoms with E-state index in [-0.39, 0.29) is 0 Å². The summed E-state index contributed by atoms with van der Waals surface area (Å²) in [4.78, 5) is 2.46. The van der Waals surface area contributed by atoms with Gasteiger partial charge in [0.25, 0.3) is 0 Å². The Labute approximate surface area is 123 Å². The second kappa shape index (κ2) is 7.49. The van der Waals surface area contributed by atoms with Crippen LogP contribution in [0, 0.1) is 0 Å². The minimum Gasteiger partial charge on any atom is -0.367 e. The maximum atomic E-state index is 3.62. The second-order valence-corrected chi connectivity index (χ2v) is 5.75. The number of nitrogens with zero attached hydrogens (tertiary/aromatic N) is 1. The van der Waals surface area contributed by atoms with Crippen molar-refractivity contribution in [2.45, 2.75) is 46.1 Å². The van der Waals surface area contributed by atoms with Crippen LogP contribution in [0.5, 0.6) is 0 Å². The standard InChI is InChI=1S/C18H28N2/c1-4-12-19-18(5-2)16-6-8-17(9-7-16)20-13-10-15(3)11-14-20/h6-10,18-19H,4-5,11-14H2,1-3H3. The van der Waals surface area contributed by atoms with Crippen molar-refractivity contribution >= 4 is 5.69 Å². The van der Waals surface area contributed by atoms with Gasteiger partial charge < -0.3 is 10.2 Å². The van der Waals surface area contributed by atoms with Crippen LogP contribution < -0.4 is 10.2 Å². The molecule has 2 nitrogen and oxygen atoms in total. The van der Waals surface area contributed by atoms with Gasteiger partial charge in [0.2, 0.25) is 0 Å². The predicted molar refractivity (Wildman–Crippen MR) is 88.4 cm³/mol. The van der Waals surface area contributed by atoms with E-state index in [0.29, 0.717) is 6.04 Å². The SMILES string of the molecule is CCCNC(CC)c1ccc(N2CC=C(C)CC2)cc1. The maximum absolute atomic E-state index is 3.62. The van der Waals surface area contributed by atoms with Crippen LogP contribution >= 0.6 is 0 Å². The third kappa shape index (κ3) is 3.86. The Bertz CT molecular complexity index is 433. The minimum atomic E-state index is 0.493. The summed E-state index contributed by atoms with van der Waals surface area (Å²) in [7, 11) is 0. The van der Waals surface area contributed by atoms with Crippen LogP contribution in [0.25, 0.3) is 0 Å². The molecule has 0 fully saturated rings. The summed E-state index contributed by atoms with van der Waals surface area (Å²) in [6, 6.07) is 9.63. The molecule has 0 amide bonds. The van der Waals surface area contributed by atoms with Gasteiger partial charge in [-0.3, -0.25) is 0 Å². The molecule has 1 aromatic rings. The summed E-state index contributed by atoms with van der Waals surface area (Å²) in [5.74, 6) is 0. The van der Waals surface area contributed by atoms with Gasteiger partial charge in [0.05, 0.1) is 0 Å². The van der Waals surface area contributed by atoms with Crippen LogP contribution in [0.4, 0.5) is 5.69 Å². The highest BCUT2D eigenvalue weighted by atomic mass is 15.1. The molecule has 0 spiro atoms. The number of hydrogen-bond acceptors (Lipinski definition) is 2. The van der Waals surface area contributed by atoms with Crippen molar-refractivity contribution in [2.24, 2.45) is 0 Å². The Morgan fingerprint density at radius 2 is 1.95 bits per heavy atom. The molecule has 0 aromatic heterocycles. The maximum Gasteiger partial charge on any atom is 0.0369 e. The molecule has 0 aliphatic carbocycles. The van der Waals surface area contributed by atoms with Crippen molar-refractivity contribution in [1.29, 1.82) is 0 Å². The van der Waals surface area contributed by atoms with Gasteiger partial charge in [0.1, 0.15) is 0 Å². The molecule has 0 saturated carbocycles. The number of rotatable bonds is 6. The lowest BCUT2D eigenvalue weighted by Crippen LogP contribution is -2.28. The first kappa shape index (κ1) is 15.1. The van der Waals surface area contributed by atoms with E-state index in [1.165, 1.54) is 29.7 Å². The van der Waals surface area contributed by atoms with Gasteiger partial charge in [0, 0.05) is 24.8 Å². The first-order valence-corrected chi connectivity index (χ1v) is 7.98. The highest BCUT2D eigenvalue weighted by Crippen LogP contribution is 2.23. The van der Waals surface area contributed by atoms with Crippen LogP contribution in [0.3, 0.4) is 0 Å². The number of nitrogens with one attached hydrogen (secondary N) is 1. The largest absolute Gasteiger partial charge is 0.367 e. The fourth-order valence-corrected chi connectivity index (χ4v) is 2.74. The van der Waals surface area contributed by atoms with E-state index >= 15 is 0 Å². The average Bonchev–Trinajstić information content (AvgIpc) is 2.49. The Morgan fingerprint density at radius 3 is 2.50 bits per heavy atom. The van der Waals surface area contributed by atoms with Crippen molar-refractivity contribution in [3.8, 4) is 0 Å². The third-order valence-corrected chi connectivity index (χ3v) is 4.15. The molecule has 2 heteroatoms. The van der Waals surface area contributed by atoms with Crippen LogP contribution in [-0.2, 0) is 0 Å². The summed E-state index contributed by atoms with van der Waals surface area (Å²) in [5, 5.41) is 3.62. The van der Waals surface area contributed by atoms with Crippen LogP contribution in [0.15, 0.2) is 35.9 Å². The average molecular weight is 272 g/mol. The molecule has 1 N–H and O–H groups in total. The van der Waals surface area contributed by atoms with E-state index in [1.54, 1.807) is 0 Å². The van der Waals surface area contributed by atoms with Crippen LogP contribution in [0.2, 0.25) is 0 Å². The molecule has 2 rings (SSSR count). The molecule has 20 heavy (non-hydrogen) atoms. The lowest BCUT2D eigenvalue weighted by atomic mass is 10.0. The minimum absolute atomic E-state index is 0.493. The highest BCUT2D eigenvalue weighted by molar-refractivity contribution is 5.49. The Kier molecular flexibility index (Phi) is 5.66. The van der Waals surface area contributed by atoms with Gasteiger partial charge in [-0.15, -0.1) is 0 Å². The molecule has 0 bridgehead atoms. The molecule has 1 atom stereocenters. The summed E-state index contributed by atoms with van der Waals surface area (Å²) >= 11 is 0. The molecule has 1 heterocycles. The van der Waals surface area contributed by atoms with Crippen molar-refractivity contribution in [3.63, 3.8) is 0 Å². The molecular formula is C18H28N2. The highest BCUT2D eigenvalue weighted by Gasteiger charge is 2.12. The van der Waals surface area contributed by atoms with E-state index in [0.717, 1.165) is 26.1 Å². The monoisotopic (exact) mass is 272 g/mol. The predicted octanol–water partition coefficient (Wildman–Crippen LogP) is 4.29. The molecule has 1 aliphatic heterocycles. The van der Waals surface area contributed by atoms with E-state index in [2.05, 4.69) is 61.3 Å². The molecule has 1 aliphatic rings. The quantitative estimate of drug-likeness (QED) is 0.777. The third-order valence-electron chi connectivity index (χ3n) is 4.15. The fourth-order valence-electron chi connectivity index (χ4n) is 2.74. The number of anilines is 1. The fraction of sp³-hybridized carbons (Fsp3) is 0.556. The molecule has 110 valence electrons. The van der Waals surface area contributed by atoms with Gasteiger partial charge in [-0.05, 0) is 50.4 Å². The topological polar surface area (TPSA) is 15.3 Å². The molecule has 1 unspecified atom stereocenters. The lowest BCUT2D eigenvalue weighted by molar-refractivity contribution is 0.518. The number of hydrogen-bond donors (Lipinski definition) is 1. The summed E-state index contributed by atoms with van der Waals surface area (Å²) in [6.45, 7) is 9.99. The van der Waals surface area contributed by atoms with Gasteiger partial charge in [-0.25, -0.2) is 0 Å².